The van der Waals surface area contributed by atoms with Gasteiger partial charge in [-0.1, -0.05) is 6.07 Å². The van der Waals surface area contributed by atoms with E-state index in [9.17, 15) is 14.0 Å². The van der Waals surface area contributed by atoms with Gasteiger partial charge in [-0.15, -0.1) is 0 Å². The molecule has 0 fully saturated rings. The van der Waals surface area contributed by atoms with Gasteiger partial charge in [-0.2, -0.15) is 0 Å². The summed E-state index contributed by atoms with van der Waals surface area (Å²) >= 11 is 3.04. The fourth-order valence-electron chi connectivity index (χ4n) is 1.37. The second kappa shape index (κ2) is 6.49. The van der Waals surface area contributed by atoms with Gasteiger partial charge in [0.1, 0.15) is 5.82 Å². The Balaban J connectivity index is 2.74. The first kappa shape index (κ1) is 14.6. The Bertz CT molecular complexity index is 465. The molecule has 0 aliphatic carbocycles. The van der Waals surface area contributed by atoms with Crippen LogP contribution in [0.2, 0.25) is 0 Å². The van der Waals surface area contributed by atoms with Gasteiger partial charge in [-0.25, -0.2) is 4.39 Å². The lowest BCUT2D eigenvalue weighted by Crippen LogP contribution is -2.31. The molecule has 0 unspecified atom stereocenters. The zero-order valence-electron chi connectivity index (χ0n) is 10.2. The molecule has 18 heavy (non-hydrogen) atoms. The number of nitrogens with one attached hydrogen (secondary N) is 1. The highest BCUT2D eigenvalue weighted by molar-refractivity contribution is 9.10. The molecule has 4 nitrogen and oxygen atoms in total. The van der Waals surface area contributed by atoms with Crippen molar-refractivity contribution in [3.8, 4) is 0 Å². The van der Waals surface area contributed by atoms with Crippen molar-refractivity contribution >= 4 is 27.7 Å². The van der Waals surface area contributed by atoms with Crippen LogP contribution < -0.4 is 5.32 Å². The summed E-state index contributed by atoms with van der Waals surface area (Å²) in [5.41, 5.74) is 0.245. The largest absolute Gasteiger partial charge is 0.359 e. The van der Waals surface area contributed by atoms with Crippen molar-refractivity contribution in [2.45, 2.75) is 6.42 Å². The lowest BCUT2D eigenvalue weighted by molar-refractivity contribution is -0.120. The number of amides is 2. The van der Waals surface area contributed by atoms with Crippen LogP contribution in [0.4, 0.5) is 4.39 Å². The minimum Gasteiger partial charge on any atom is -0.359 e. The summed E-state index contributed by atoms with van der Waals surface area (Å²) in [4.78, 5) is 24.5. The van der Waals surface area contributed by atoms with Crippen LogP contribution in [0, 0.1) is 5.82 Å². The number of carbonyl (C=O) groups is 2. The van der Waals surface area contributed by atoms with E-state index in [0.29, 0.717) is 0 Å². The summed E-state index contributed by atoms with van der Waals surface area (Å²) < 4.78 is 13.4. The summed E-state index contributed by atoms with van der Waals surface area (Å²) in [6, 6.07) is 4.27. The van der Waals surface area contributed by atoms with Crippen LogP contribution in [0.15, 0.2) is 22.7 Å². The molecule has 0 aliphatic rings. The van der Waals surface area contributed by atoms with E-state index in [1.807, 2.05) is 0 Å². The number of rotatable bonds is 4. The molecule has 1 rings (SSSR count). The summed E-state index contributed by atoms with van der Waals surface area (Å²) in [6.07, 6.45) is 0.214. The van der Waals surface area contributed by atoms with E-state index in [0.717, 1.165) is 0 Å². The van der Waals surface area contributed by atoms with E-state index >= 15 is 0 Å². The third-order valence-electron chi connectivity index (χ3n) is 2.48. The van der Waals surface area contributed by atoms with Crippen molar-refractivity contribution < 1.29 is 14.0 Å². The summed E-state index contributed by atoms with van der Waals surface area (Å²) in [5, 5.41) is 2.47. The maximum atomic E-state index is 13.3. The van der Waals surface area contributed by atoms with Gasteiger partial charge in [0.05, 0.1) is 10.0 Å². The van der Waals surface area contributed by atoms with Crippen molar-refractivity contribution in [2.24, 2.45) is 0 Å². The molecule has 0 saturated carbocycles. The molecular weight excluding hydrogens is 303 g/mol. The molecule has 6 heteroatoms. The molecule has 0 saturated heterocycles. The van der Waals surface area contributed by atoms with Crippen molar-refractivity contribution in [1.82, 2.24) is 10.2 Å². The Labute approximate surface area is 113 Å². The van der Waals surface area contributed by atoms with Crippen molar-refractivity contribution in [3.05, 3.63) is 34.1 Å². The van der Waals surface area contributed by atoms with Crippen LogP contribution in [-0.4, -0.2) is 37.4 Å². The minimum atomic E-state index is -0.486. The molecule has 1 aromatic carbocycles. The van der Waals surface area contributed by atoms with Crippen molar-refractivity contribution in [2.75, 3.05) is 20.6 Å². The van der Waals surface area contributed by atoms with E-state index in [2.05, 4.69) is 21.2 Å². The molecule has 0 heterocycles. The quantitative estimate of drug-likeness (QED) is 0.920. The van der Waals surface area contributed by atoms with E-state index in [4.69, 9.17) is 0 Å². The predicted octanol–water partition coefficient (Wildman–Crippen LogP) is 1.80. The highest BCUT2D eigenvalue weighted by Crippen LogP contribution is 2.21. The van der Waals surface area contributed by atoms with Crippen LogP contribution in [0.5, 0.6) is 0 Å². The van der Waals surface area contributed by atoms with Crippen LogP contribution >= 0.6 is 15.9 Å². The van der Waals surface area contributed by atoms with Gasteiger partial charge >= 0.3 is 0 Å². The summed E-state index contributed by atoms with van der Waals surface area (Å²) in [5.74, 6) is -0.959. The lowest BCUT2D eigenvalue weighted by Gasteiger charge is -2.17. The minimum absolute atomic E-state index is 0.141. The average Bonchev–Trinajstić information content (AvgIpc) is 2.37. The molecule has 0 bridgehead atoms. The molecule has 0 aromatic heterocycles. The SMILES string of the molecule is CNC(=O)CCN(C)C(=O)c1cccc(F)c1Br. The first-order chi connectivity index (χ1) is 8.47. The van der Waals surface area contributed by atoms with E-state index in [1.54, 1.807) is 7.05 Å². The molecule has 1 N–H and O–H groups in total. The Morgan fingerprint density at radius 1 is 1.44 bits per heavy atom. The van der Waals surface area contributed by atoms with Gasteiger partial charge in [0.15, 0.2) is 0 Å². The topological polar surface area (TPSA) is 49.4 Å². The van der Waals surface area contributed by atoms with Gasteiger partial charge in [-0.3, -0.25) is 9.59 Å². The van der Waals surface area contributed by atoms with E-state index < -0.39 is 5.82 Å². The van der Waals surface area contributed by atoms with Crippen LogP contribution in [0.1, 0.15) is 16.8 Å². The normalized spacial score (nSPS) is 10.0. The maximum Gasteiger partial charge on any atom is 0.254 e. The molecule has 98 valence electrons. The predicted molar refractivity (Wildman–Crippen MR) is 69.7 cm³/mol. The second-order valence-corrected chi connectivity index (χ2v) is 4.54. The number of carbonyl (C=O) groups excluding carboxylic acids is 2. The van der Waals surface area contributed by atoms with Gasteiger partial charge < -0.3 is 10.2 Å². The number of hydrogen-bond donors (Lipinski definition) is 1. The smallest absolute Gasteiger partial charge is 0.254 e. The first-order valence-electron chi connectivity index (χ1n) is 5.37. The zero-order chi connectivity index (χ0) is 13.7. The van der Waals surface area contributed by atoms with Crippen LogP contribution in [0.25, 0.3) is 0 Å². The van der Waals surface area contributed by atoms with Crippen LogP contribution in [0.3, 0.4) is 0 Å². The molecule has 2 amide bonds. The van der Waals surface area contributed by atoms with Crippen LogP contribution in [-0.2, 0) is 4.79 Å². The number of halogens is 2. The highest BCUT2D eigenvalue weighted by Gasteiger charge is 2.17. The number of nitrogens with zero attached hydrogens (tertiary/aromatic N) is 1. The fraction of sp³-hybridized carbons (Fsp3) is 0.333. The van der Waals surface area contributed by atoms with Gasteiger partial charge in [0, 0.05) is 27.1 Å². The van der Waals surface area contributed by atoms with Crippen molar-refractivity contribution in [1.29, 1.82) is 0 Å². The standard InChI is InChI=1S/C12H14BrFN2O2/c1-15-10(17)6-7-16(2)12(18)8-4-3-5-9(14)11(8)13/h3-5H,6-7H2,1-2H3,(H,15,17). The highest BCUT2D eigenvalue weighted by atomic mass is 79.9. The Morgan fingerprint density at radius 3 is 2.72 bits per heavy atom. The average molecular weight is 317 g/mol. The third kappa shape index (κ3) is 3.53. The fourth-order valence-corrected chi connectivity index (χ4v) is 1.80. The molecule has 0 radical (unpaired) electrons. The molecule has 0 atom stereocenters. The summed E-state index contributed by atoms with van der Waals surface area (Å²) in [6.45, 7) is 0.279. The Hall–Kier alpha value is -1.43. The van der Waals surface area contributed by atoms with E-state index in [-0.39, 0.29) is 34.8 Å². The Kier molecular flexibility index (Phi) is 5.27. The molecule has 0 aliphatic heterocycles. The van der Waals surface area contributed by atoms with E-state index in [1.165, 1.54) is 30.1 Å². The number of hydrogen-bond acceptors (Lipinski definition) is 2. The summed E-state index contributed by atoms with van der Waals surface area (Å²) in [7, 11) is 3.11. The first-order valence-corrected chi connectivity index (χ1v) is 6.16. The molecule has 1 aromatic rings. The maximum absolute atomic E-state index is 13.3. The van der Waals surface area contributed by atoms with Gasteiger partial charge in [0.2, 0.25) is 5.91 Å². The second-order valence-electron chi connectivity index (χ2n) is 3.75. The monoisotopic (exact) mass is 316 g/mol. The number of benzene rings is 1. The zero-order valence-corrected chi connectivity index (χ0v) is 11.8. The van der Waals surface area contributed by atoms with Gasteiger partial charge in [-0.05, 0) is 28.1 Å². The molecule has 0 spiro atoms. The Morgan fingerprint density at radius 2 is 2.11 bits per heavy atom. The van der Waals surface area contributed by atoms with Gasteiger partial charge in [0.25, 0.3) is 5.91 Å². The molecular formula is C12H14BrFN2O2. The van der Waals surface area contributed by atoms with Crippen molar-refractivity contribution in [3.63, 3.8) is 0 Å². The third-order valence-corrected chi connectivity index (χ3v) is 3.29. The lowest BCUT2D eigenvalue weighted by atomic mass is 10.2.